The first-order valence-corrected chi connectivity index (χ1v) is 7.84. The molecule has 2 aromatic heterocycles. The highest BCUT2D eigenvalue weighted by Crippen LogP contribution is 2.33. The second kappa shape index (κ2) is 5.66. The summed E-state index contributed by atoms with van der Waals surface area (Å²) in [6, 6.07) is 2.12. The Morgan fingerprint density at radius 2 is 2.32 bits per heavy atom. The van der Waals surface area contributed by atoms with Gasteiger partial charge in [-0.15, -0.1) is 11.3 Å². The average Bonchev–Trinajstić information content (AvgIpc) is 3.11. The molecule has 1 aliphatic carbocycles. The van der Waals surface area contributed by atoms with Gasteiger partial charge in [-0.1, -0.05) is 19.4 Å². The zero-order valence-corrected chi connectivity index (χ0v) is 12.0. The van der Waals surface area contributed by atoms with Crippen molar-refractivity contribution >= 4 is 16.9 Å². The van der Waals surface area contributed by atoms with E-state index in [1.54, 1.807) is 11.3 Å². The van der Waals surface area contributed by atoms with Crippen LogP contribution in [0.25, 0.3) is 16.1 Å². The first-order valence-electron chi connectivity index (χ1n) is 6.96. The van der Waals surface area contributed by atoms with Crippen molar-refractivity contribution in [2.24, 2.45) is 0 Å². The number of hydrogen-bond acceptors (Lipinski definition) is 3. The van der Waals surface area contributed by atoms with Crippen molar-refractivity contribution in [1.29, 1.82) is 0 Å². The normalized spacial score (nSPS) is 14.7. The fraction of sp³-hybridized carbons (Fsp3) is 0.375. The van der Waals surface area contributed by atoms with Crippen LogP contribution in [-0.2, 0) is 6.42 Å². The van der Waals surface area contributed by atoms with Crippen LogP contribution in [0, 0.1) is 0 Å². The summed E-state index contributed by atoms with van der Waals surface area (Å²) < 4.78 is 0. The molecule has 98 valence electrons. The second-order valence-electron chi connectivity index (χ2n) is 4.94. The minimum Gasteiger partial charge on any atom is -0.264 e. The van der Waals surface area contributed by atoms with Crippen molar-refractivity contribution in [3.63, 3.8) is 0 Å². The van der Waals surface area contributed by atoms with E-state index in [4.69, 9.17) is 4.98 Å². The molecule has 1 aliphatic rings. The Kier molecular flexibility index (Phi) is 3.74. The van der Waals surface area contributed by atoms with Crippen molar-refractivity contribution in [3.05, 3.63) is 41.2 Å². The molecule has 3 heteroatoms. The third-order valence-electron chi connectivity index (χ3n) is 3.54. The Bertz CT molecular complexity index is 598. The summed E-state index contributed by atoms with van der Waals surface area (Å²) in [4.78, 5) is 9.08. The predicted octanol–water partition coefficient (Wildman–Crippen LogP) is 4.72. The lowest BCUT2D eigenvalue weighted by atomic mass is 10.1. The number of aryl methyl sites for hydroxylation is 1. The van der Waals surface area contributed by atoms with E-state index in [1.807, 2.05) is 12.4 Å². The maximum absolute atomic E-state index is 4.82. The van der Waals surface area contributed by atoms with Crippen LogP contribution >= 0.6 is 11.3 Å². The van der Waals surface area contributed by atoms with Gasteiger partial charge in [0.1, 0.15) is 5.01 Å². The van der Waals surface area contributed by atoms with Crippen LogP contribution < -0.4 is 0 Å². The first-order chi connectivity index (χ1) is 9.38. The Balaban J connectivity index is 1.94. The maximum atomic E-state index is 4.82. The molecule has 0 bridgehead atoms. The molecule has 2 aromatic rings. The molecule has 0 N–H and O–H groups in total. The van der Waals surface area contributed by atoms with E-state index in [0.29, 0.717) is 0 Å². The summed E-state index contributed by atoms with van der Waals surface area (Å²) in [5.41, 5.74) is 5.16. The predicted molar refractivity (Wildman–Crippen MR) is 81.2 cm³/mol. The lowest BCUT2D eigenvalue weighted by Gasteiger charge is -2.04. The number of thiazole rings is 1. The monoisotopic (exact) mass is 270 g/mol. The Hall–Kier alpha value is -1.48. The first kappa shape index (κ1) is 12.5. The van der Waals surface area contributed by atoms with Crippen molar-refractivity contribution in [2.75, 3.05) is 0 Å². The van der Waals surface area contributed by atoms with Gasteiger partial charge < -0.3 is 0 Å². The molecule has 0 fully saturated rings. The molecule has 0 saturated heterocycles. The SMILES string of the molecule is CCCc1ccncc1-c1nc(C2=CCCC2)cs1. The van der Waals surface area contributed by atoms with Crippen molar-refractivity contribution in [2.45, 2.75) is 39.0 Å². The van der Waals surface area contributed by atoms with E-state index in [-0.39, 0.29) is 0 Å². The molecule has 2 nitrogen and oxygen atoms in total. The number of allylic oxidation sites excluding steroid dienone is 2. The highest BCUT2D eigenvalue weighted by molar-refractivity contribution is 7.13. The van der Waals surface area contributed by atoms with Gasteiger partial charge in [0, 0.05) is 23.3 Å². The summed E-state index contributed by atoms with van der Waals surface area (Å²) in [5, 5.41) is 3.30. The van der Waals surface area contributed by atoms with Gasteiger partial charge >= 0.3 is 0 Å². The highest BCUT2D eigenvalue weighted by atomic mass is 32.1. The molecule has 0 saturated carbocycles. The molecule has 0 spiro atoms. The fourth-order valence-corrected chi connectivity index (χ4v) is 3.44. The zero-order chi connectivity index (χ0) is 13.1. The van der Waals surface area contributed by atoms with Crippen LogP contribution in [0.3, 0.4) is 0 Å². The third-order valence-corrected chi connectivity index (χ3v) is 4.41. The minimum atomic E-state index is 1.09. The van der Waals surface area contributed by atoms with Crippen molar-refractivity contribution < 1.29 is 0 Å². The number of rotatable bonds is 4. The summed E-state index contributed by atoms with van der Waals surface area (Å²) in [6.07, 6.45) is 12.1. The Labute approximate surface area is 118 Å². The van der Waals surface area contributed by atoms with Crippen LogP contribution in [0.4, 0.5) is 0 Å². The van der Waals surface area contributed by atoms with Crippen molar-refractivity contribution in [1.82, 2.24) is 9.97 Å². The molecule has 0 aromatic carbocycles. The van der Waals surface area contributed by atoms with E-state index in [0.717, 1.165) is 17.8 Å². The lowest BCUT2D eigenvalue weighted by Crippen LogP contribution is -1.90. The highest BCUT2D eigenvalue weighted by Gasteiger charge is 2.13. The number of hydrogen-bond donors (Lipinski definition) is 0. The van der Waals surface area contributed by atoms with Crippen LogP contribution in [0.15, 0.2) is 29.9 Å². The van der Waals surface area contributed by atoms with E-state index >= 15 is 0 Å². The largest absolute Gasteiger partial charge is 0.264 e. The standard InChI is InChI=1S/C16H18N2S/c1-2-5-12-8-9-17-10-14(12)16-18-15(11-19-16)13-6-3-4-7-13/h6,8-11H,2-5,7H2,1H3. The van der Waals surface area contributed by atoms with Gasteiger partial charge in [-0.05, 0) is 42.9 Å². The molecule has 0 unspecified atom stereocenters. The summed E-state index contributed by atoms with van der Waals surface area (Å²) in [6.45, 7) is 2.21. The van der Waals surface area contributed by atoms with E-state index in [9.17, 15) is 0 Å². The molecule has 0 amide bonds. The average molecular weight is 270 g/mol. The third kappa shape index (κ3) is 2.61. The van der Waals surface area contributed by atoms with E-state index < -0.39 is 0 Å². The topological polar surface area (TPSA) is 25.8 Å². The smallest absolute Gasteiger partial charge is 0.125 e. The fourth-order valence-electron chi connectivity index (χ4n) is 2.55. The van der Waals surface area contributed by atoms with Gasteiger partial charge in [-0.3, -0.25) is 4.98 Å². The molecular weight excluding hydrogens is 252 g/mol. The second-order valence-corrected chi connectivity index (χ2v) is 5.80. The minimum absolute atomic E-state index is 1.09. The van der Waals surface area contributed by atoms with Crippen LogP contribution in [0.2, 0.25) is 0 Å². The van der Waals surface area contributed by atoms with Gasteiger partial charge in [0.15, 0.2) is 0 Å². The molecule has 0 radical (unpaired) electrons. The van der Waals surface area contributed by atoms with Gasteiger partial charge in [0.25, 0.3) is 0 Å². The summed E-state index contributed by atoms with van der Waals surface area (Å²) >= 11 is 1.74. The van der Waals surface area contributed by atoms with Gasteiger partial charge in [-0.25, -0.2) is 4.98 Å². The molecule has 2 heterocycles. The van der Waals surface area contributed by atoms with Gasteiger partial charge in [0.2, 0.25) is 0 Å². The van der Waals surface area contributed by atoms with Gasteiger partial charge in [-0.2, -0.15) is 0 Å². The maximum Gasteiger partial charge on any atom is 0.125 e. The van der Waals surface area contributed by atoms with Crippen LogP contribution in [0.1, 0.15) is 43.9 Å². The number of aromatic nitrogens is 2. The van der Waals surface area contributed by atoms with E-state index in [2.05, 4.69) is 29.4 Å². The number of nitrogens with zero attached hydrogens (tertiary/aromatic N) is 2. The Morgan fingerprint density at radius 1 is 1.37 bits per heavy atom. The molecule has 0 aliphatic heterocycles. The quantitative estimate of drug-likeness (QED) is 0.803. The van der Waals surface area contributed by atoms with Crippen LogP contribution in [0.5, 0.6) is 0 Å². The summed E-state index contributed by atoms with van der Waals surface area (Å²) in [5.74, 6) is 0. The Morgan fingerprint density at radius 3 is 3.11 bits per heavy atom. The van der Waals surface area contributed by atoms with E-state index in [1.165, 1.54) is 41.7 Å². The molecule has 0 atom stereocenters. The molecular formula is C16H18N2S. The zero-order valence-electron chi connectivity index (χ0n) is 11.2. The van der Waals surface area contributed by atoms with Crippen LogP contribution in [-0.4, -0.2) is 9.97 Å². The summed E-state index contributed by atoms with van der Waals surface area (Å²) in [7, 11) is 0. The van der Waals surface area contributed by atoms with Crippen molar-refractivity contribution in [3.8, 4) is 10.6 Å². The molecule has 3 rings (SSSR count). The molecule has 19 heavy (non-hydrogen) atoms. The van der Waals surface area contributed by atoms with Gasteiger partial charge in [0.05, 0.1) is 5.69 Å². The number of pyridine rings is 1. The lowest BCUT2D eigenvalue weighted by molar-refractivity contribution is 0.919.